The van der Waals surface area contributed by atoms with Crippen LogP contribution in [0.25, 0.3) is 0 Å². The number of anilines is 2. The number of benzene rings is 1. The van der Waals surface area contributed by atoms with Crippen LogP contribution in [0.5, 0.6) is 0 Å². The first-order valence-electron chi connectivity index (χ1n) is 9.33. The fourth-order valence-corrected chi connectivity index (χ4v) is 3.88. The molecule has 1 fully saturated rings. The standard InChI is InChI=1S/C20H25FN6O/c1-26(2)11-13-3-8-18(14(9-13)10-22)27-12-17(19(23)28)20(25-27)24-16-6-4-15(21)5-7-16/h4-7,12-14,18H,3,8-9,11H2,1-2H3,(H2,23,28)(H,24,25)/t13?,14?,18-/m1/s1. The van der Waals surface area contributed by atoms with Gasteiger partial charge in [-0.25, -0.2) is 4.39 Å². The Balaban J connectivity index is 1.83. The van der Waals surface area contributed by atoms with Gasteiger partial charge in [0.05, 0.1) is 18.0 Å². The summed E-state index contributed by atoms with van der Waals surface area (Å²) in [4.78, 5) is 14.0. The molecule has 0 spiro atoms. The van der Waals surface area contributed by atoms with Crippen molar-refractivity contribution in [1.82, 2.24) is 14.7 Å². The van der Waals surface area contributed by atoms with Gasteiger partial charge in [0.1, 0.15) is 11.4 Å². The fourth-order valence-electron chi connectivity index (χ4n) is 3.88. The van der Waals surface area contributed by atoms with Crippen LogP contribution in [0.4, 0.5) is 15.9 Å². The minimum atomic E-state index is -0.606. The number of hydrogen-bond donors (Lipinski definition) is 2. The van der Waals surface area contributed by atoms with Crippen molar-refractivity contribution in [3.05, 3.63) is 41.8 Å². The van der Waals surface area contributed by atoms with Crippen molar-refractivity contribution in [2.24, 2.45) is 17.6 Å². The molecule has 3 atom stereocenters. The van der Waals surface area contributed by atoms with Crippen molar-refractivity contribution in [3.63, 3.8) is 0 Å². The SMILES string of the molecule is CN(C)CC1CC[C@@H](n2cc(C(N)=O)c(Nc3ccc(F)cc3)n2)C(C#N)C1. The molecule has 1 heterocycles. The van der Waals surface area contributed by atoms with Crippen LogP contribution in [0.15, 0.2) is 30.5 Å². The molecular weight excluding hydrogens is 359 g/mol. The number of nitrogens with one attached hydrogen (secondary N) is 1. The van der Waals surface area contributed by atoms with Crippen molar-refractivity contribution in [2.45, 2.75) is 25.3 Å². The molecule has 0 aliphatic heterocycles. The van der Waals surface area contributed by atoms with E-state index in [2.05, 4.69) is 21.4 Å². The molecular formula is C20H25FN6O. The zero-order valence-corrected chi connectivity index (χ0v) is 16.1. The van der Waals surface area contributed by atoms with Crippen LogP contribution in [0.3, 0.4) is 0 Å². The fraction of sp³-hybridized carbons (Fsp3) is 0.450. The highest BCUT2D eigenvalue weighted by atomic mass is 19.1. The lowest BCUT2D eigenvalue weighted by Crippen LogP contribution is -2.32. The highest BCUT2D eigenvalue weighted by Crippen LogP contribution is 2.37. The van der Waals surface area contributed by atoms with Crippen LogP contribution < -0.4 is 11.1 Å². The van der Waals surface area contributed by atoms with Gasteiger partial charge in [-0.05, 0) is 63.5 Å². The van der Waals surface area contributed by atoms with E-state index < -0.39 is 5.91 Å². The van der Waals surface area contributed by atoms with E-state index in [-0.39, 0.29) is 23.3 Å². The highest BCUT2D eigenvalue weighted by Gasteiger charge is 2.33. The number of carbonyl (C=O) groups excluding carboxylic acids is 1. The number of hydrogen-bond acceptors (Lipinski definition) is 5. The first kappa shape index (κ1) is 19.8. The zero-order valence-electron chi connectivity index (χ0n) is 16.1. The van der Waals surface area contributed by atoms with Gasteiger partial charge in [-0.2, -0.15) is 10.4 Å². The summed E-state index contributed by atoms with van der Waals surface area (Å²) in [5, 5.41) is 17.2. The van der Waals surface area contributed by atoms with E-state index in [4.69, 9.17) is 5.73 Å². The Bertz CT molecular complexity index is 870. The molecule has 1 aliphatic rings. The van der Waals surface area contributed by atoms with Crippen molar-refractivity contribution in [1.29, 1.82) is 5.26 Å². The molecule has 1 aromatic heterocycles. The van der Waals surface area contributed by atoms with Gasteiger partial charge >= 0.3 is 0 Å². The number of nitrogens with zero attached hydrogens (tertiary/aromatic N) is 4. The summed E-state index contributed by atoms with van der Waals surface area (Å²) in [7, 11) is 4.07. The van der Waals surface area contributed by atoms with Gasteiger partial charge < -0.3 is 16.0 Å². The number of nitriles is 1. The molecule has 2 unspecified atom stereocenters. The van der Waals surface area contributed by atoms with Crippen molar-refractivity contribution >= 4 is 17.4 Å². The van der Waals surface area contributed by atoms with Gasteiger partial charge in [0.15, 0.2) is 5.82 Å². The third-order valence-corrected chi connectivity index (χ3v) is 5.16. The second-order valence-corrected chi connectivity index (χ2v) is 7.61. The number of carbonyl (C=O) groups is 1. The Morgan fingerprint density at radius 3 is 2.71 bits per heavy atom. The van der Waals surface area contributed by atoms with Crippen LogP contribution in [0.2, 0.25) is 0 Å². The quantitative estimate of drug-likeness (QED) is 0.798. The second-order valence-electron chi connectivity index (χ2n) is 7.61. The number of rotatable bonds is 6. The summed E-state index contributed by atoms with van der Waals surface area (Å²) < 4.78 is 14.8. The average molecular weight is 384 g/mol. The monoisotopic (exact) mass is 384 g/mol. The lowest BCUT2D eigenvalue weighted by atomic mass is 9.78. The molecule has 0 saturated heterocycles. The molecule has 3 N–H and O–H groups in total. The Labute approximate surface area is 163 Å². The molecule has 1 aliphatic carbocycles. The lowest BCUT2D eigenvalue weighted by molar-refractivity contribution is 0.100. The molecule has 1 aromatic carbocycles. The van der Waals surface area contributed by atoms with E-state index in [9.17, 15) is 14.4 Å². The predicted octanol–water partition coefficient (Wildman–Crippen LogP) is 2.91. The van der Waals surface area contributed by atoms with Gasteiger partial charge in [-0.15, -0.1) is 0 Å². The van der Waals surface area contributed by atoms with Crippen LogP contribution in [0.1, 0.15) is 35.7 Å². The Kier molecular flexibility index (Phi) is 5.95. The van der Waals surface area contributed by atoms with E-state index >= 15 is 0 Å². The maximum atomic E-state index is 13.1. The van der Waals surface area contributed by atoms with Gasteiger partial charge in [-0.3, -0.25) is 9.48 Å². The van der Waals surface area contributed by atoms with Crippen molar-refractivity contribution in [3.8, 4) is 6.07 Å². The van der Waals surface area contributed by atoms with Crippen molar-refractivity contribution < 1.29 is 9.18 Å². The molecule has 2 aromatic rings. The van der Waals surface area contributed by atoms with Crippen LogP contribution in [-0.4, -0.2) is 41.2 Å². The van der Waals surface area contributed by atoms with Gasteiger partial charge in [0.25, 0.3) is 5.91 Å². The molecule has 0 radical (unpaired) electrons. The van der Waals surface area contributed by atoms with Crippen molar-refractivity contribution in [2.75, 3.05) is 26.0 Å². The molecule has 28 heavy (non-hydrogen) atoms. The van der Waals surface area contributed by atoms with E-state index in [0.717, 1.165) is 25.8 Å². The largest absolute Gasteiger partial charge is 0.365 e. The Hall–Kier alpha value is -2.92. The van der Waals surface area contributed by atoms with E-state index in [1.165, 1.54) is 12.1 Å². The Morgan fingerprint density at radius 1 is 1.39 bits per heavy atom. The molecule has 3 rings (SSSR count). The summed E-state index contributed by atoms with van der Waals surface area (Å²) in [5.74, 6) is -0.355. The number of halogens is 1. The van der Waals surface area contributed by atoms with E-state index in [0.29, 0.717) is 17.4 Å². The number of amides is 1. The molecule has 8 heteroatoms. The highest BCUT2D eigenvalue weighted by molar-refractivity contribution is 5.98. The topological polar surface area (TPSA) is 100.0 Å². The predicted molar refractivity (Wildman–Crippen MR) is 104 cm³/mol. The minimum absolute atomic E-state index is 0.106. The summed E-state index contributed by atoms with van der Waals surface area (Å²) >= 11 is 0. The third-order valence-electron chi connectivity index (χ3n) is 5.16. The van der Waals surface area contributed by atoms with Gasteiger partial charge in [-0.1, -0.05) is 0 Å². The molecule has 1 amide bonds. The minimum Gasteiger partial charge on any atom is -0.365 e. The summed E-state index contributed by atoms with van der Waals surface area (Å²) in [5.41, 5.74) is 6.36. The summed E-state index contributed by atoms with van der Waals surface area (Å²) in [6.07, 6.45) is 4.21. The van der Waals surface area contributed by atoms with E-state index in [1.54, 1.807) is 23.0 Å². The summed E-state index contributed by atoms with van der Waals surface area (Å²) in [6.45, 7) is 0.952. The average Bonchev–Trinajstić information content (AvgIpc) is 3.07. The molecule has 0 bridgehead atoms. The first-order chi connectivity index (χ1) is 13.4. The number of aromatic nitrogens is 2. The van der Waals surface area contributed by atoms with Gasteiger partial charge in [0.2, 0.25) is 0 Å². The second kappa shape index (κ2) is 8.40. The first-order valence-corrected chi connectivity index (χ1v) is 9.33. The maximum Gasteiger partial charge on any atom is 0.254 e. The molecule has 7 nitrogen and oxygen atoms in total. The molecule has 1 saturated carbocycles. The van der Waals surface area contributed by atoms with Gasteiger partial charge in [0, 0.05) is 18.4 Å². The maximum absolute atomic E-state index is 13.1. The smallest absolute Gasteiger partial charge is 0.254 e. The normalized spacial score (nSPS) is 22.0. The van der Waals surface area contributed by atoms with Crippen LogP contribution in [0, 0.1) is 29.0 Å². The zero-order chi connectivity index (χ0) is 20.3. The number of primary amides is 1. The Morgan fingerprint density at radius 2 is 2.11 bits per heavy atom. The molecule has 148 valence electrons. The van der Waals surface area contributed by atoms with Crippen LogP contribution >= 0.6 is 0 Å². The third kappa shape index (κ3) is 4.49. The summed E-state index contributed by atoms with van der Waals surface area (Å²) in [6, 6.07) is 8.07. The lowest BCUT2D eigenvalue weighted by Gasteiger charge is -2.33. The van der Waals surface area contributed by atoms with Crippen LogP contribution in [-0.2, 0) is 0 Å². The van der Waals surface area contributed by atoms with E-state index in [1.807, 2.05) is 14.1 Å². The number of nitrogens with two attached hydrogens (primary N) is 1.